The fourth-order valence-electron chi connectivity index (χ4n) is 2.43. The average molecular weight is 288 g/mol. The smallest absolute Gasteiger partial charge is 0.330 e. The van der Waals surface area contributed by atoms with Crippen molar-refractivity contribution in [3.63, 3.8) is 0 Å². The summed E-state index contributed by atoms with van der Waals surface area (Å²) in [7, 11) is 0. The van der Waals surface area contributed by atoms with Crippen LogP contribution in [0.25, 0.3) is 0 Å². The molecule has 6 nitrogen and oxygen atoms in total. The van der Waals surface area contributed by atoms with Crippen LogP contribution in [0.3, 0.4) is 0 Å². The minimum absolute atomic E-state index is 0.256. The zero-order valence-electron chi connectivity index (χ0n) is 11.5. The summed E-state index contributed by atoms with van der Waals surface area (Å²) in [6, 6.07) is 8.71. The van der Waals surface area contributed by atoms with E-state index in [1.807, 2.05) is 30.3 Å². The quantitative estimate of drug-likeness (QED) is 0.655. The van der Waals surface area contributed by atoms with Gasteiger partial charge in [-0.25, -0.2) is 4.79 Å². The van der Waals surface area contributed by atoms with Crippen LogP contribution in [0.4, 0.5) is 4.79 Å². The molecule has 1 aliphatic heterocycles. The molecule has 6 heteroatoms. The topological polar surface area (TPSA) is 75.7 Å². The Bertz CT molecular complexity index is 581. The number of hydrogen-bond donors (Lipinski definition) is 1. The molecule has 0 unspecified atom stereocenters. The van der Waals surface area contributed by atoms with Crippen LogP contribution in [0.2, 0.25) is 0 Å². The number of ether oxygens (including phenoxy) is 1. The molecule has 1 saturated heterocycles. The number of rotatable bonds is 5. The maximum absolute atomic E-state index is 12.2. The molecule has 0 bridgehead atoms. The molecule has 1 aromatic carbocycles. The number of nitrogens with zero attached hydrogens (tertiary/aromatic N) is 1. The predicted octanol–water partition coefficient (Wildman–Crippen LogP) is 1.31. The van der Waals surface area contributed by atoms with E-state index in [9.17, 15) is 14.4 Å². The molecule has 3 rings (SSSR count). The van der Waals surface area contributed by atoms with E-state index in [2.05, 4.69) is 5.32 Å². The first kappa shape index (κ1) is 13.6. The number of hydrogen-bond acceptors (Lipinski definition) is 4. The number of imide groups is 2. The van der Waals surface area contributed by atoms with Crippen LogP contribution in [0.1, 0.15) is 19.3 Å². The minimum Gasteiger partial charge on any atom is -0.494 e. The van der Waals surface area contributed by atoms with E-state index >= 15 is 0 Å². The van der Waals surface area contributed by atoms with Crippen molar-refractivity contribution in [2.75, 3.05) is 13.2 Å². The Hall–Kier alpha value is -2.37. The maximum atomic E-state index is 12.2. The third-order valence-corrected chi connectivity index (χ3v) is 3.84. The molecule has 0 aromatic heterocycles. The molecule has 1 aromatic rings. The standard InChI is InChI=1S/C15H16N2O4/c18-12-15(7-8-15)13(19)17(14(20)16-12)9-4-10-21-11-5-2-1-3-6-11/h1-3,5-6H,4,7-10H2,(H,16,18,20). The average Bonchev–Trinajstić information content (AvgIpc) is 3.28. The van der Waals surface area contributed by atoms with E-state index in [0.29, 0.717) is 25.9 Å². The number of barbiturate groups is 1. The summed E-state index contributed by atoms with van der Waals surface area (Å²) >= 11 is 0. The van der Waals surface area contributed by atoms with Crippen LogP contribution in [0.15, 0.2) is 30.3 Å². The lowest BCUT2D eigenvalue weighted by molar-refractivity contribution is -0.144. The Morgan fingerprint density at radius 1 is 1.14 bits per heavy atom. The van der Waals surface area contributed by atoms with Gasteiger partial charge < -0.3 is 4.74 Å². The number of benzene rings is 1. The van der Waals surface area contributed by atoms with E-state index in [0.717, 1.165) is 10.6 Å². The summed E-state index contributed by atoms with van der Waals surface area (Å²) in [5, 5.41) is 2.26. The summed E-state index contributed by atoms with van der Waals surface area (Å²) in [6.45, 7) is 0.661. The van der Waals surface area contributed by atoms with Crippen molar-refractivity contribution in [2.45, 2.75) is 19.3 Å². The molecule has 2 aliphatic rings. The van der Waals surface area contributed by atoms with E-state index in [-0.39, 0.29) is 12.5 Å². The van der Waals surface area contributed by atoms with Crippen molar-refractivity contribution in [1.82, 2.24) is 10.2 Å². The van der Waals surface area contributed by atoms with E-state index in [4.69, 9.17) is 4.74 Å². The van der Waals surface area contributed by atoms with Crippen LogP contribution < -0.4 is 10.1 Å². The van der Waals surface area contributed by atoms with Gasteiger partial charge in [0.25, 0.3) is 0 Å². The Morgan fingerprint density at radius 3 is 2.52 bits per heavy atom. The first-order valence-electron chi connectivity index (χ1n) is 6.99. The molecule has 1 heterocycles. The third-order valence-electron chi connectivity index (χ3n) is 3.84. The van der Waals surface area contributed by atoms with E-state index in [1.54, 1.807) is 0 Å². The minimum atomic E-state index is -0.964. The lowest BCUT2D eigenvalue weighted by Crippen LogP contribution is -2.59. The Morgan fingerprint density at radius 2 is 1.86 bits per heavy atom. The van der Waals surface area contributed by atoms with Crippen molar-refractivity contribution < 1.29 is 19.1 Å². The van der Waals surface area contributed by atoms with Gasteiger partial charge in [-0.3, -0.25) is 19.8 Å². The molecule has 110 valence electrons. The summed E-state index contributed by atoms with van der Waals surface area (Å²) in [5.41, 5.74) is -0.964. The van der Waals surface area contributed by atoms with Gasteiger partial charge in [-0.1, -0.05) is 18.2 Å². The van der Waals surface area contributed by atoms with Gasteiger partial charge in [0, 0.05) is 6.54 Å². The van der Waals surface area contributed by atoms with Gasteiger partial charge in [0.15, 0.2) is 0 Å². The summed E-state index contributed by atoms with van der Waals surface area (Å²) in [5.74, 6) is -0.0639. The van der Waals surface area contributed by atoms with Crippen LogP contribution in [-0.4, -0.2) is 35.9 Å². The lowest BCUT2D eigenvalue weighted by atomic mass is 10.0. The fourth-order valence-corrected chi connectivity index (χ4v) is 2.43. The fraction of sp³-hybridized carbons (Fsp3) is 0.400. The van der Waals surface area contributed by atoms with Gasteiger partial charge in [-0.05, 0) is 31.4 Å². The second-order valence-electron chi connectivity index (χ2n) is 5.31. The molecule has 1 spiro atoms. The highest BCUT2D eigenvalue weighted by Gasteiger charge is 2.61. The number of amides is 4. The Balaban J connectivity index is 1.52. The zero-order valence-corrected chi connectivity index (χ0v) is 11.5. The molecular weight excluding hydrogens is 272 g/mol. The first-order chi connectivity index (χ1) is 10.1. The molecule has 4 amide bonds. The molecule has 1 saturated carbocycles. The van der Waals surface area contributed by atoms with Crippen molar-refractivity contribution in [3.05, 3.63) is 30.3 Å². The first-order valence-corrected chi connectivity index (χ1v) is 6.99. The molecule has 0 radical (unpaired) electrons. The summed E-state index contributed by atoms with van der Waals surface area (Å²) in [6.07, 6.45) is 1.59. The third kappa shape index (κ3) is 2.49. The second kappa shape index (κ2) is 5.20. The molecule has 1 aliphatic carbocycles. The highest BCUT2D eigenvalue weighted by Crippen LogP contribution is 2.48. The normalized spacial score (nSPS) is 19.6. The van der Waals surface area contributed by atoms with Crippen LogP contribution in [0.5, 0.6) is 5.75 Å². The molecular formula is C15H16N2O4. The number of urea groups is 1. The molecule has 21 heavy (non-hydrogen) atoms. The lowest BCUT2D eigenvalue weighted by Gasteiger charge is -2.30. The maximum Gasteiger partial charge on any atom is 0.330 e. The number of para-hydroxylation sites is 1. The molecule has 0 atom stereocenters. The van der Waals surface area contributed by atoms with Crippen molar-refractivity contribution in [1.29, 1.82) is 0 Å². The SMILES string of the molecule is O=C1NC(=O)C2(CC2)C(=O)N1CCCOc1ccccc1. The second-order valence-corrected chi connectivity index (χ2v) is 5.31. The van der Waals surface area contributed by atoms with Crippen molar-refractivity contribution in [2.24, 2.45) is 5.41 Å². The van der Waals surface area contributed by atoms with E-state index in [1.165, 1.54) is 0 Å². The number of nitrogens with one attached hydrogen (secondary N) is 1. The number of carbonyl (C=O) groups is 3. The monoisotopic (exact) mass is 288 g/mol. The van der Waals surface area contributed by atoms with Crippen molar-refractivity contribution in [3.8, 4) is 5.75 Å². The van der Waals surface area contributed by atoms with E-state index < -0.39 is 17.4 Å². The van der Waals surface area contributed by atoms with Crippen LogP contribution in [0, 0.1) is 5.41 Å². The van der Waals surface area contributed by atoms with Gasteiger partial charge in [-0.15, -0.1) is 0 Å². The highest BCUT2D eigenvalue weighted by atomic mass is 16.5. The Kier molecular flexibility index (Phi) is 3.37. The predicted molar refractivity (Wildman–Crippen MR) is 73.5 cm³/mol. The largest absolute Gasteiger partial charge is 0.494 e. The Labute approximate surface area is 122 Å². The van der Waals surface area contributed by atoms with Crippen LogP contribution >= 0.6 is 0 Å². The van der Waals surface area contributed by atoms with Gasteiger partial charge in [0.05, 0.1) is 6.61 Å². The van der Waals surface area contributed by atoms with Gasteiger partial charge >= 0.3 is 6.03 Å². The van der Waals surface area contributed by atoms with Crippen molar-refractivity contribution >= 4 is 17.8 Å². The van der Waals surface area contributed by atoms with Gasteiger partial charge in [-0.2, -0.15) is 0 Å². The summed E-state index contributed by atoms with van der Waals surface area (Å²) < 4.78 is 5.52. The highest BCUT2D eigenvalue weighted by molar-refractivity contribution is 6.20. The zero-order chi connectivity index (χ0) is 14.9. The summed E-state index contributed by atoms with van der Waals surface area (Å²) in [4.78, 5) is 36.7. The molecule has 2 fully saturated rings. The molecule has 1 N–H and O–H groups in total. The number of carbonyl (C=O) groups excluding carboxylic acids is 3. The van der Waals surface area contributed by atoms with Gasteiger partial charge in [0.1, 0.15) is 11.2 Å². The van der Waals surface area contributed by atoms with Crippen LogP contribution in [-0.2, 0) is 9.59 Å². The van der Waals surface area contributed by atoms with Gasteiger partial charge in [0.2, 0.25) is 11.8 Å².